The van der Waals surface area contributed by atoms with Gasteiger partial charge in [-0.2, -0.15) is 0 Å². The quantitative estimate of drug-likeness (QED) is 0.739. The van der Waals surface area contributed by atoms with Gasteiger partial charge in [-0.1, -0.05) is 24.3 Å². The first-order valence-corrected chi connectivity index (χ1v) is 10.3. The third-order valence-electron chi connectivity index (χ3n) is 4.88. The minimum atomic E-state index is -0.188. The summed E-state index contributed by atoms with van der Waals surface area (Å²) in [5.41, 5.74) is 6.14. The summed E-state index contributed by atoms with van der Waals surface area (Å²) < 4.78 is 15.8. The van der Waals surface area contributed by atoms with Crippen molar-refractivity contribution in [1.82, 2.24) is 15.0 Å². The molecule has 0 saturated carbocycles. The lowest BCUT2D eigenvalue weighted by atomic mass is 10.1. The third kappa shape index (κ3) is 4.18. The zero-order chi connectivity index (χ0) is 18.6. The van der Waals surface area contributed by atoms with Crippen LogP contribution in [0.25, 0.3) is 5.70 Å². The average Bonchev–Trinajstić information content (AvgIpc) is 2.86. The molecule has 0 amide bonds. The molecule has 0 saturated heterocycles. The topological polar surface area (TPSA) is 28.2 Å². The van der Waals surface area contributed by atoms with Gasteiger partial charge in [-0.25, -0.2) is 4.39 Å². The number of hydrogen-bond donors (Lipinski definition) is 1. The van der Waals surface area contributed by atoms with Crippen molar-refractivity contribution in [2.75, 3.05) is 0 Å². The molecule has 2 aliphatic heterocycles. The fourth-order valence-corrected chi connectivity index (χ4v) is 4.87. The van der Waals surface area contributed by atoms with E-state index in [-0.39, 0.29) is 11.6 Å². The Morgan fingerprint density at radius 1 is 1.26 bits per heavy atom. The Morgan fingerprint density at radius 3 is 2.93 bits per heavy atom. The van der Waals surface area contributed by atoms with E-state index in [2.05, 4.69) is 52.3 Å². The maximum Gasteiger partial charge on any atom is 0.123 e. The number of allylic oxidation sites excluding steroid dienone is 3. The predicted octanol–water partition coefficient (Wildman–Crippen LogP) is 5.21. The van der Waals surface area contributed by atoms with E-state index < -0.39 is 0 Å². The van der Waals surface area contributed by atoms with E-state index in [0.717, 1.165) is 18.4 Å². The normalized spacial score (nSPS) is 20.4. The Morgan fingerprint density at radius 2 is 2.11 bits per heavy atom. The van der Waals surface area contributed by atoms with Gasteiger partial charge >= 0.3 is 0 Å². The molecule has 3 heterocycles. The highest BCUT2D eigenvalue weighted by molar-refractivity contribution is 7.37. The van der Waals surface area contributed by atoms with Crippen molar-refractivity contribution in [3.8, 4) is 0 Å². The Labute approximate surface area is 161 Å². The maximum absolute atomic E-state index is 13.4. The smallest absolute Gasteiger partial charge is 0.123 e. The molecule has 27 heavy (non-hydrogen) atoms. The highest BCUT2D eigenvalue weighted by atomic mass is 31.1. The molecule has 0 bridgehead atoms. The van der Waals surface area contributed by atoms with Gasteiger partial charge in [-0.15, -0.1) is 0 Å². The summed E-state index contributed by atoms with van der Waals surface area (Å²) in [6.45, 7) is 2.88. The molecular formula is C22H23FN3P. The van der Waals surface area contributed by atoms with Gasteiger partial charge in [0.1, 0.15) is 5.82 Å². The molecule has 2 aromatic rings. The largest absolute Gasteiger partial charge is 0.321 e. The van der Waals surface area contributed by atoms with Crippen LogP contribution in [0, 0.1) is 5.82 Å². The molecule has 2 aliphatic rings. The van der Waals surface area contributed by atoms with Crippen LogP contribution in [0.5, 0.6) is 0 Å². The van der Waals surface area contributed by atoms with Crippen molar-refractivity contribution < 1.29 is 4.39 Å². The highest BCUT2D eigenvalue weighted by Crippen LogP contribution is 2.44. The van der Waals surface area contributed by atoms with Crippen molar-refractivity contribution in [3.05, 3.63) is 95.2 Å². The molecule has 0 radical (unpaired) electrons. The monoisotopic (exact) mass is 379 g/mol. The first-order chi connectivity index (χ1) is 13.2. The number of nitrogens with zero attached hydrogens (tertiary/aromatic N) is 2. The van der Waals surface area contributed by atoms with E-state index >= 15 is 0 Å². The van der Waals surface area contributed by atoms with E-state index in [4.69, 9.17) is 0 Å². The summed E-state index contributed by atoms with van der Waals surface area (Å²) in [5, 5.41) is 3.56. The molecule has 1 N–H and O–H groups in total. The molecule has 138 valence electrons. The van der Waals surface area contributed by atoms with Crippen molar-refractivity contribution in [2.45, 2.75) is 32.1 Å². The van der Waals surface area contributed by atoms with Gasteiger partial charge in [0.2, 0.25) is 0 Å². The van der Waals surface area contributed by atoms with Gasteiger partial charge in [0.15, 0.2) is 0 Å². The number of pyridine rings is 1. The highest BCUT2D eigenvalue weighted by Gasteiger charge is 2.25. The van der Waals surface area contributed by atoms with Crippen molar-refractivity contribution in [3.63, 3.8) is 0 Å². The maximum atomic E-state index is 13.4. The van der Waals surface area contributed by atoms with E-state index in [0.29, 0.717) is 15.3 Å². The lowest BCUT2D eigenvalue weighted by Crippen LogP contribution is -2.29. The molecule has 0 spiro atoms. The second-order valence-electron chi connectivity index (χ2n) is 6.84. The van der Waals surface area contributed by atoms with Gasteiger partial charge < -0.3 is 9.99 Å². The van der Waals surface area contributed by atoms with Gasteiger partial charge in [0.25, 0.3) is 0 Å². The fourth-order valence-electron chi connectivity index (χ4n) is 3.45. The number of rotatable bonds is 4. The number of hydrogen-bond acceptors (Lipinski definition) is 3. The number of halogens is 1. The standard InChI is InChI=1S/C22H23FN3P/c1-16-4-2-7-21(18-10-12-24-13-11-18)26-20(16)8-9-22(27-26)25-15-17-5-3-6-19(23)14-17/h3,5-14,22,25,27H,2,4,15H2,1H3. The van der Waals surface area contributed by atoms with Gasteiger partial charge in [0, 0.05) is 44.6 Å². The van der Waals surface area contributed by atoms with Crippen molar-refractivity contribution in [2.24, 2.45) is 0 Å². The number of aromatic nitrogens is 1. The molecule has 4 rings (SSSR count). The van der Waals surface area contributed by atoms with Crippen LogP contribution in [0.1, 0.15) is 30.9 Å². The second kappa shape index (κ2) is 8.16. The van der Waals surface area contributed by atoms with Crippen LogP contribution in [-0.2, 0) is 6.54 Å². The van der Waals surface area contributed by atoms with E-state index in [9.17, 15) is 4.39 Å². The molecule has 0 fully saturated rings. The summed E-state index contributed by atoms with van der Waals surface area (Å²) in [5.74, 6) is 0.0420. The Bertz CT molecular complexity index is 905. The minimum absolute atomic E-state index is 0.188. The van der Waals surface area contributed by atoms with Crippen LogP contribution in [-0.4, -0.2) is 15.4 Å². The fraction of sp³-hybridized carbons (Fsp3) is 0.227. The summed E-state index contributed by atoms with van der Waals surface area (Å²) >= 11 is 0. The van der Waals surface area contributed by atoms with Crippen molar-refractivity contribution in [1.29, 1.82) is 0 Å². The second-order valence-corrected chi connectivity index (χ2v) is 8.17. The Kier molecular flexibility index (Phi) is 5.47. The van der Waals surface area contributed by atoms with Crippen molar-refractivity contribution >= 4 is 14.4 Å². The number of benzene rings is 1. The number of fused-ring (bicyclic) bond motifs is 1. The van der Waals surface area contributed by atoms with Crippen LogP contribution in [0.2, 0.25) is 0 Å². The lowest BCUT2D eigenvalue weighted by Gasteiger charge is -2.35. The summed E-state index contributed by atoms with van der Waals surface area (Å²) in [4.78, 5) is 4.16. The lowest BCUT2D eigenvalue weighted by molar-refractivity contribution is 0.620. The molecule has 2 atom stereocenters. The zero-order valence-corrected chi connectivity index (χ0v) is 16.3. The third-order valence-corrected chi connectivity index (χ3v) is 6.30. The SMILES string of the molecule is CC1=C2C=CC(NCc3cccc(F)c3)PN2C(c2ccncc2)=CCC1. The van der Waals surface area contributed by atoms with Crippen LogP contribution in [0.4, 0.5) is 4.39 Å². The summed E-state index contributed by atoms with van der Waals surface area (Å²) in [6.07, 6.45) is 12.6. The van der Waals surface area contributed by atoms with E-state index in [1.54, 1.807) is 12.1 Å². The van der Waals surface area contributed by atoms with Crippen LogP contribution >= 0.6 is 8.73 Å². The molecule has 0 aliphatic carbocycles. The molecule has 1 aromatic heterocycles. The number of nitrogens with one attached hydrogen (secondary N) is 1. The molecule has 1 aromatic carbocycles. The molecular weight excluding hydrogens is 356 g/mol. The average molecular weight is 379 g/mol. The minimum Gasteiger partial charge on any atom is -0.321 e. The van der Waals surface area contributed by atoms with Gasteiger partial charge in [0.05, 0.1) is 5.78 Å². The molecule has 5 heteroatoms. The van der Waals surface area contributed by atoms with Crippen LogP contribution in [0.15, 0.2) is 78.3 Å². The van der Waals surface area contributed by atoms with Crippen LogP contribution < -0.4 is 5.32 Å². The van der Waals surface area contributed by atoms with Crippen LogP contribution in [0.3, 0.4) is 0 Å². The molecule has 2 unspecified atom stereocenters. The summed E-state index contributed by atoms with van der Waals surface area (Å²) in [6, 6.07) is 10.9. The van der Waals surface area contributed by atoms with E-state index in [1.807, 2.05) is 18.5 Å². The van der Waals surface area contributed by atoms with Gasteiger partial charge in [-0.3, -0.25) is 4.98 Å². The first kappa shape index (κ1) is 18.1. The predicted molar refractivity (Wildman–Crippen MR) is 110 cm³/mol. The van der Waals surface area contributed by atoms with E-state index in [1.165, 1.54) is 28.6 Å². The van der Waals surface area contributed by atoms with Gasteiger partial charge in [-0.05, 0) is 61.2 Å². The summed E-state index contributed by atoms with van der Waals surface area (Å²) in [7, 11) is 0.554. The first-order valence-electron chi connectivity index (χ1n) is 9.23. The Hall–Kier alpha value is -2.29. The molecule has 3 nitrogen and oxygen atoms in total. The zero-order valence-electron chi connectivity index (χ0n) is 15.3. The Balaban J connectivity index is 1.56.